The molecule has 49 heavy (non-hydrogen) atoms. The van der Waals surface area contributed by atoms with E-state index in [0.29, 0.717) is 0 Å². The average molecular weight is 688 g/mol. The highest BCUT2D eigenvalue weighted by Crippen LogP contribution is 2.48. The number of phosphoric acid groups is 1. The van der Waals surface area contributed by atoms with Crippen LogP contribution in [0.1, 0.15) is 18.9 Å². The van der Waals surface area contributed by atoms with Gasteiger partial charge in [-0.25, -0.2) is 9.36 Å². The fourth-order valence-electron chi connectivity index (χ4n) is 3.83. The van der Waals surface area contributed by atoms with E-state index in [4.69, 9.17) is 31.0 Å². The molecule has 1 aromatic carbocycles. The molecular weight excluding hydrogens is 661 g/mol. The minimum Gasteiger partial charge on any atom is -0.434 e. The number of thiocarbonyl (C=S) groups is 1. The third-order valence-corrected chi connectivity index (χ3v) is 6.99. The molecule has 0 aromatic heterocycles. The molecule has 242 valence electrons. The summed E-state index contributed by atoms with van der Waals surface area (Å²) in [4.78, 5) is 22.3. The zero-order valence-corrected chi connectivity index (χ0v) is 28.2. The van der Waals surface area contributed by atoms with Gasteiger partial charge in [0.25, 0.3) is 0 Å². The summed E-state index contributed by atoms with van der Waals surface area (Å²) in [5.74, 6) is 50.0. The van der Waals surface area contributed by atoms with Gasteiger partial charge in [-0.15, -0.1) is 0 Å². The Morgan fingerprint density at radius 2 is 1.33 bits per heavy atom. The van der Waals surface area contributed by atoms with Crippen molar-refractivity contribution in [1.82, 2.24) is 5.32 Å². The Balaban J connectivity index is 1.93. The number of hydrogen-bond donors (Lipinski definition) is 2. The molecule has 9 nitrogen and oxygen atoms in total. The van der Waals surface area contributed by atoms with Gasteiger partial charge in [-0.3, -0.25) is 9.05 Å². The van der Waals surface area contributed by atoms with Crippen LogP contribution in [0.15, 0.2) is 30.3 Å². The lowest BCUT2D eigenvalue weighted by molar-refractivity contribution is -0.0316. The van der Waals surface area contributed by atoms with Crippen molar-refractivity contribution >= 4 is 31.2 Å². The van der Waals surface area contributed by atoms with Crippen LogP contribution < -0.4 is 5.32 Å². The second-order valence-corrected chi connectivity index (χ2v) is 10.9. The van der Waals surface area contributed by atoms with Gasteiger partial charge >= 0.3 is 14.0 Å². The Labute approximate surface area is 292 Å². The van der Waals surface area contributed by atoms with Gasteiger partial charge in [0, 0.05) is 32.0 Å². The third kappa shape index (κ3) is 17.0. The first kappa shape index (κ1) is 39.2. The van der Waals surface area contributed by atoms with Gasteiger partial charge in [0.05, 0.1) is 6.04 Å². The molecule has 1 aliphatic carbocycles. The number of carbonyl (C=O) groups excluding carboxylic acids is 1. The maximum Gasteiger partial charge on any atom is 0.508 e. The fourth-order valence-corrected chi connectivity index (χ4v) is 4.71. The molecule has 1 saturated carbocycles. The normalized spacial score (nSPS) is 16.9. The average Bonchev–Trinajstić information content (AvgIpc) is 3.41. The molecule has 0 saturated heterocycles. The van der Waals surface area contributed by atoms with E-state index in [-0.39, 0.29) is 24.6 Å². The van der Waals surface area contributed by atoms with Crippen molar-refractivity contribution in [3.8, 4) is 118 Å². The molecule has 0 amide bonds. The Morgan fingerprint density at radius 1 is 0.816 bits per heavy atom. The second-order valence-electron chi connectivity index (χ2n) is 8.96. The maximum absolute atomic E-state index is 12.3. The minimum absolute atomic E-state index is 0.0194. The number of methoxy groups -OCH3 is 1. The zero-order chi connectivity index (χ0) is 35.6. The first-order valence-electron chi connectivity index (χ1n) is 14.0. The van der Waals surface area contributed by atoms with E-state index in [2.05, 4.69) is 128 Å². The number of rotatable bonds is 9. The van der Waals surface area contributed by atoms with Gasteiger partial charge < -0.3 is 24.4 Å². The van der Waals surface area contributed by atoms with E-state index in [1.54, 1.807) is 19.1 Å². The van der Waals surface area contributed by atoms with Gasteiger partial charge in [-0.2, -0.15) is 0 Å². The second kappa shape index (κ2) is 23.4. The maximum atomic E-state index is 12.3. The lowest BCUT2D eigenvalue weighted by Gasteiger charge is -2.27. The first-order chi connectivity index (χ1) is 23.8. The summed E-state index contributed by atoms with van der Waals surface area (Å²) in [6.45, 7) is 1.51. The highest BCUT2D eigenvalue weighted by atomic mass is 32.1. The van der Waals surface area contributed by atoms with E-state index in [9.17, 15) is 14.3 Å². The molecule has 1 fully saturated rings. The smallest absolute Gasteiger partial charge is 0.434 e. The topological polar surface area (TPSA) is 113 Å². The molecule has 1 aromatic rings. The van der Waals surface area contributed by atoms with Crippen molar-refractivity contribution in [2.75, 3.05) is 20.8 Å². The lowest BCUT2D eigenvalue weighted by atomic mass is 10.1. The van der Waals surface area contributed by atoms with Crippen LogP contribution in [0, 0.1) is 124 Å². The summed E-state index contributed by atoms with van der Waals surface area (Å²) >= 11 is 5.32. The number of ether oxygens (including phenoxy) is 3. The van der Waals surface area contributed by atoms with Crippen LogP contribution in [0.2, 0.25) is 0 Å². The van der Waals surface area contributed by atoms with Crippen molar-refractivity contribution in [2.45, 2.75) is 38.2 Å². The molecule has 0 radical (unpaired) electrons. The molecule has 0 bridgehead atoms. The summed E-state index contributed by atoms with van der Waals surface area (Å²) in [6.07, 6.45) is -2.42. The molecule has 0 aliphatic heterocycles. The predicted molar refractivity (Wildman–Crippen MR) is 186 cm³/mol. The fraction of sp³-hybridized carbons (Fsp3) is 0.263. The lowest BCUT2D eigenvalue weighted by Crippen LogP contribution is -2.44. The van der Waals surface area contributed by atoms with Gasteiger partial charge in [-0.05, 0) is 120 Å². The van der Waals surface area contributed by atoms with Gasteiger partial charge in [0.15, 0.2) is 4.99 Å². The van der Waals surface area contributed by atoms with Crippen LogP contribution >= 0.6 is 20.0 Å². The van der Waals surface area contributed by atoms with Crippen molar-refractivity contribution in [3.63, 3.8) is 0 Å². The summed E-state index contributed by atoms with van der Waals surface area (Å²) < 4.78 is 38.2. The SMILES string of the molecule is CC#CC#CC#CC#CC#CC#CC#CC#CC#CC#CC(=S)N[C@H]1C[C@H](COC(=O)OCc2ccccc2)[C@H](OP(=O)(O)OC)C1OC. The Bertz CT molecular complexity index is 2070. The summed E-state index contributed by atoms with van der Waals surface area (Å²) in [5, 5.41) is 3.03. The van der Waals surface area contributed by atoms with E-state index in [1.165, 1.54) is 7.11 Å². The monoisotopic (exact) mass is 687 g/mol. The third-order valence-electron chi connectivity index (χ3n) is 5.79. The highest BCUT2D eigenvalue weighted by Gasteiger charge is 2.48. The minimum atomic E-state index is -4.43. The molecule has 11 heteroatoms. The molecule has 0 spiro atoms. The van der Waals surface area contributed by atoms with Crippen LogP contribution in [0.3, 0.4) is 0 Å². The molecule has 0 heterocycles. The molecule has 2 N–H and O–H groups in total. The number of phosphoric ester groups is 1. The van der Waals surface area contributed by atoms with Crippen LogP contribution in [0.4, 0.5) is 4.79 Å². The van der Waals surface area contributed by atoms with Crippen LogP contribution in [0.5, 0.6) is 0 Å². The van der Waals surface area contributed by atoms with Crippen molar-refractivity contribution in [1.29, 1.82) is 0 Å². The largest absolute Gasteiger partial charge is 0.508 e. The van der Waals surface area contributed by atoms with E-state index >= 15 is 0 Å². The molecule has 5 atom stereocenters. The molecule has 2 unspecified atom stereocenters. The Morgan fingerprint density at radius 3 is 1.82 bits per heavy atom. The highest BCUT2D eigenvalue weighted by molar-refractivity contribution is 7.80. The van der Waals surface area contributed by atoms with Crippen LogP contribution in [-0.4, -0.2) is 55.1 Å². The standard InChI is InChI=1S/C38H26NO8PS/c1-4-5-6-7-8-9-10-11-12-13-14-15-16-17-18-19-20-21-25-28-35(49)39-34-29-33(36(37(34)43-2)47-48(41,42)44-3)31-46-38(40)45-30-32-26-23-22-24-27-32/h22-24,26-27,33-34,36-37H,29-31H2,1-3H3,(H,39,49)(H,41,42)/t33-,34+,36+,37?/m1/s1. The molecule has 2 rings (SSSR count). The first-order valence-corrected chi connectivity index (χ1v) is 15.9. The van der Waals surface area contributed by atoms with Crippen LogP contribution in [0.25, 0.3) is 0 Å². The zero-order valence-electron chi connectivity index (χ0n) is 26.5. The Kier molecular flexibility index (Phi) is 18.7. The summed E-state index contributed by atoms with van der Waals surface area (Å²) in [5.41, 5.74) is 0.783. The molecule has 1 aliphatic rings. The van der Waals surface area contributed by atoms with Gasteiger partial charge in [0.2, 0.25) is 0 Å². The summed E-state index contributed by atoms with van der Waals surface area (Å²) in [6, 6.07) is 8.55. The van der Waals surface area contributed by atoms with E-state index in [1.807, 2.05) is 18.2 Å². The summed E-state index contributed by atoms with van der Waals surface area (Å²) in [7, 11) is -1.99. The quantitative estimate of drug-likeness (QED) is 0.174. The molecular formula is C38H26NO8PS. The van der Waals surface area contributed by atoms with Crippen molar-refractivity contribution in [3.05, 3.63) is 35.9 Å². The Hall–Kier alpha value is -5.95. The number of benzene rings is 1. The predicted octanol–water partition coefficient (Wildman–Crippen LogP) is 2.85. The van der Waals surface area contributed by atoms with E-state index in [0.717, 1.165) is 12.7 Å². The number of carbonyl (C=O) groups is 1. The van der Waals surface area contributed by atoms with Crippen molar-refractivity contribution < 1.29 is 37.5 Å². The number of hydrogen-bond acceptors (Lipinski definition) is 8. The van der Waals surface area contributed by atoms with Crippen LogP contribution in [-0.2, 0) is 34.4 Å². The van der Waals surface area contributed by atoms with Crippen molar-refractivity contribution in [2.24, 2.45) is 5.92 Å². The number of nitrogens with one attached hydrogen (secondary N) is 1. The van der Waals surface area contributed by atoms with E-state index < -0.39 is 38.1 Å². The van der Waals surface area contributed by atoms with Gasteiger partial charge in [-0.1, -0.05) is 48.5 Å². The van der Waals surface area contributed by atoms with Gasteiger partial charge in [0.1, 0.15) is 25.4 Å².